The third-order valence-corrected chi connectivity index (χ3v) is 2.47. The number of esters is 1. The lowest BCUT2D eigenvalue weighted by Gasteiger charge is -2.19. The van der Waals surface area contributed by atoms with E-state index >= 15 is 0 Å². The van der Waals surface area contributed by atoms with Crippen molar-refractivity contribution < 1.29 is 19.1 Å². The van der Waals surface area contributed by atoms with E-state index in [1.807, 2.05) is 0 Å². The van der Waals surface area contributed by atoms with E-state index in [2.05, 4.69) is 15.0 Å². The van der Waals surface area contributed by atoms with Gasteiger partial charge in [-0.25, -0.2) is 9.59 Å². The normalized spacial score (nSPS) is 11.8. The SMILES string of the molecule is COC(=O)C(NC(=O)OCc1ccccn1)C(C)C. The van der Waals surface area contributed by atoms with Gasteiger partial charge in [-0.2, -0.15) is 0 Å². The number of rotatable bonds is 5. The first kappa shape index (κ1) is 14.9. The van der Waals surface area contributed by atoms with Crippen molar-refractivity contribution in [2.75, 3.05) is 7.11 Å². The topological polar surface area (TPSA) is 77.5 Å². The number of amides is 1. The Labute approximate surface area is 112 Å². The Morgan fingerprint density at radius 3 is 2.63 bits per heavy atom. The number of ether oxygens (including phenoxy) is 2. The number of alkyl carbamates (subject to hydrolysis) is 1. The minimum Gasteiger partial charge on any atom is -0.467 e. The van der Waals surface area contributed by atoms with Gasteiger partial charge in [0.2, 0.25) is 0 Å². The Hall–Kier alpha value is -2.11. The minimum atomic E-state index is -0.721. The lowest BCUT2D eigenvalue weighted by molar-refractivity contribution is -0.144. The number of nitrogens with one attached hydrogen (secondary N) is 1. The summed E-state index contributed by atoms with van der Waals surface area (Å²) in [5, 5.41) is 2.47. The molecule has 1 aromatic heterocycles. The maximum atomic E-state index is 11.6. The number of carbonyl (C=O) groups excluding carboxylic acids is 2. The first-order valence-electron chi connectivity index (χ1n) is 5.95. The molecule has 0 aliphatic rings. The van der Waals surface area contributed by atoms with Gasteiger partial charge in [0.15, 0.2) is 0 Å². The second-order valence-corrected chi connectivity index (χ2v) is 4.29. The molecule has 1 aromatic rings. The highest BCUT2D eigenvalue weighted by Gasteiger charge is 2.25. The number of carbonyl (C=O) groups is 2. The molecule has 0 bridgehead atoms. The van der Waals surface area contributed by atoms with E-state index in [0.29, 0.717) is 5.69 Å². The van der Waals surface area contributed by atoms with Crippen molar-refractivity contribution in [1.29, 1.82) is 0 Å². The lowest BCUT2D eigenvalue weighted by Crippen LogP contribution is -2.45. The van der Waals surface area contributed by atoms with E-state index < -0.39 is 18.1 Å². The Morgan fingerprint density at radius 2 is 2.11 bits per heavy atom. The molecule has 1 atom stereocenters. The Morgan fingerprint density at radius 1 is 1.37 bits per heavy atom. The van der Waals surface area contributed by atoms with Crippen molar-refractivity contribution in [2.24, 2.45) is 5.92 Å². The smallest absolute Gasteiger partial charge is 0.408 e. The first-order chi connectivity index (χ1) is 9.04. The fourth-order valence-electron chi connectivity index (χ4n) is 1.42. The molecule has 6 nitrogen and oxygen atoms in total. The van der Waals surface area contributed by atoms with E-state index in [-0.39, 0.29) is 12.5 Å². The van der Waals surface area contributed by atoms with Crippen molar-refractivity contribution in [2.45, 2.75) is 26.5 Å². The first-order valence-corrected chi connectivity index (χ1v) is 5.95. The summed E-state index contributed by atoms with van der Waals surface area (Å²) in [6, 6.07) is 4.60. The molecule has 0 radical (unpaired) electrons. The van der Waals surface area contributed by atoms with Crippen LogP contribution >= 0.6 is 0 Å². The third kappa shape index (κ3) is 4.95. The van der Waals surface area contributed by atoms with Crippen LogP contribution in [0.1, 0.15) is 19.5 Å². The molecule has 0 saturated carbocycles. The highest BCUT2D eigenvalue weighted by molar-refractivity contribution is 5.81. The maximum absolute atomic E-state index is 11.6. The zero-order valence-electron chi connectivity index (χ0n) is 11.3. The highest BCUT2D eigenvalue weighted by Crippen LogP contribution is 2.04. The second-order valence-electron chi connectivity index (χ2n) is 4.29. The summed E-state index contributed by atoms with van der Waals surface area (Å²) in [5.74, 6) is -0.584. The molecule has 1 heterocycles. The molecule has 0 fully saturated rings. The molecule has 1 unspecified atom stereocenters. The second kappa shape index (κ2) is 7.35. The molecule has 0 aliphatic heterocycles. The Kier molecular flexibility index (Phi) is 5.78. The van der Waals surface area contributed by atoms with E-state index in [1.165, 1.54) is 7.11 Å². The van der Waals surface area contributed by atoms with Crippen molar-refractivity contribution in [3.05, 3.63) is 30.1 Å². The summed E-state index contributed by atoms with van der Waals surface area (Å²) < 4.78 is 9.60. The molecule has 1 amide bonds. The van der Waals surface area contributed by atoms with Gasteiger partial charge < -0.3 is 14.8 Å². The lowest BCUT2D eigenvalue weighted by atomic mass is 10.1. The van der Waals surface area contributed by atoms with E-state index in [0.717, 1.165) is 0 Å². The molecule has 6 heteroatoms. The molecular weight excluding hydrogens is 248 g/mol. The summed E-state index contributed by atoms with van der Waals surface area (Å²) in [7, 11) is 1.28. The van der Waals surface area contributed by atoms with Crippen LogP contribution < -0.4 is 5.32 Å². The molecule has 104 valence electrons. The molecule has 0 spiro atoms. The number of methoxy groups -OCH3 is 1. The van der Waals surface area contributed by atoms with Crippen LogP contribution in [-0.2, 0) is 20.9 Å². The summed E-state index contributed by atoms with van der Waals surface area (Å²) >= 11 is 0. The molecule has 19 heavy (non-hydrogen) atoms. The quantitative estimate of drug-likeness (QED) is 0.817. The van der Waals surface area contributed by atoms with Gasteiger partial charge in [0, 0.05) is 6.20 Å². The summed E-state index contributed by atoms with van der Waals surface area (Å²) in [5.41, 5.74) is 0.636. The van der Waals surface area contributed by atoms with Gasteiger partial charge in [-0.3, -0.25) is 4.98 Å². The molecule has 0 aromatic carbocycles. The van der Waals surface area contributed by atoms with E-state index in [9.17, 15) is 9.59 Å². The standard InChI is InChI=1S/C13H18N2O4/c1-9(2)11(12(16)18-3)15-13(17)19-8-10-6-4-5-7-14-10/h4-7,9,11H,8H2,1-3H3,(H,15,17). The van der Waals surface area contributed by atoms with Crippen molar-refractivity contribution >= 4 is 12.1 Å². The summed E-state index contributed by atoms with van der Waals surface area (Å²) in [6.45, 7) is 3.67. The van der Waals surface area contributed by atoms with Gasteiger partial charge in [0.05, 0.1) is 12.8 Å². The fourth-order valence-corrected chi connectivity index (χ4v) is 1.42. The van der Waals surface area contributed by atoms with Gasteiger partial charge in [-0.15, -0.1) is 0 Å². The van der Waals surface area contributed by atoms with Crippen LogP contribution in [0.2, 0.25) is 0 Å². The van der Waals surface area contributed by atoms with Crippen LogP contribution in [0.15, 0.2) is 24.4 Å². The minimum absolute atomic E-state index is 0.0542. The predicted octanol–water partition coefficient (Wildman–Crippen LogP) is 1.51. The monoisotopic (exact) mass is 266 g/mol. The highest BCUT2D eigenvalue weighted by atomic mass is 16.6. The zero-order valence-corrected chi connectivity index (χ0v) is 11.3. The van der Waals surface area contributed by atoms with Gasteiger partial charge in [-0.05, 0) is 18.1 Å². The number of hydrogen-bond donors (Lipinski definition) is 1. The Balaban J connectivity index is 2.47. The van der Waals surface area contributed by atoms with Crippen LogP contribution in [0, 0.1) is 5.92 Å². The molecule has 0 saturated heterocycles. The van der Waals surface area contributed by atoms with Gasteiger partial charge >= 0.3 is 12.1 Å². The van der Waals surface area contributed by atoms with Crippen molar-refractivity contribution in [3.8, 4) is 0 Å². The molecule has 1 N–H and O–H groups in total. The predicted molar refractivity (Wildman–Crippen MR) is 68.2 cm³/mol. The molecule has 1 rings (SSSR count). The van der Waals surface area contributed by atoms with E-state index in [4.69, 9.17) is 4.74 Å². The van der Waals surface area contributed by atoms with Crippen molar-refractivity contribution in [1.82, 2.24) is 10.3 Å². The van der Waals surface area contributed by atoms with Crippen molar-refractivity contribution in [3.63, 3.8) is 0 Å². The number of pyridine rings is 1. The van der Waals surface area contributed by atoms with Gasteiger partial charge in [0.1, 0.15) is 12.6 Å². The third-order valence-electron chi connectivity index (χ3n) is 2.47. The van der Waals surface area contributed by atoms with Crippen LogP contribution in [0.25, 0.3) is 0 Å². The van der Waals surface area contributed by atoms with Gasteiger partial charge in [0.25, 0.3) is 0 Å². The van der Waals surface area contributed by atoms with Crippen LogP contribution in [0.4, 0.5) is 4.79 Å². The summed E-state index contributed by atoms with van der Waals surface area (Å²) in [6.07, 6.45) is 0.942. The van der Waals surface area contributed by atoms with Crippen LogP contribution in [0.3, 0.4) is 0 Å². The number of aromatic nitrogens is 1. The van der Waals surface area contributed by atoms with Crippen LogP contribution in [0.5, 0.6) is 0 Å². The Bertz CT molecular complexity index is 420. The summed E-state index contributed by atoms with van der Waals surface area (Å²) in [4.78, 5) is 27.1. The number of hydrogen-bond acceptors (Lipinski definition) is 5. The number of nitrogens with zero attached hydrogens (tertiary/aromatic N) is 1. The average Bonchev–Trinajstić information content (AvgIpc) is 2.42. The molecular formula is C13H18N2O4. The van der Waals surface area contributed by atoms with E-state index in [1.54, 1.807) is 38.2 Å². The molecule has 0 aliphatic carbocycles. The fraction of sp³-hybridized carbons (Fsp3) is 0.462. The zero-order chi connectivity index (χ0) is 14.3. The van der Waals surface area contributed by atoms with Crippen LogP contribution in [-0.4, -0.2) is 30.2 Å². The van der Waals surface area contributed by atoms with Gasteiger partial charge in [-0.1, -0.05) is 19.9 Å². The maximum Gasteiger partial charge on any atom is 0.408 e. The average molecular weight is 266 g/mol. The largest absolute Gasteiger partial charge is 0.467 e.